The van der Waals surface area contributed by atoms with Crippen molar-refractivity contribution in [2.24, 2.45) is 0 Å². The number of carboxylic acid groups (broad SMARTS) is 1. The zero-order valence-electron chi connectivity index (χ0n) is 12.6. The molecule has 0 aromatic heterocycles. The summed E-state index contributed by atoms with van der Waals surface area (Å²) >= 11 is 0. The van der Waals surface area contributed by atoms with Crippen molar-refractivity contribution in [3.63, 3.8) is 0 Å². The maximum Gasteiger partial charge on any atom is 0.341 e. The van der Waals surface area contributed by atoms with Crippen LogP contribution in [0.5, 0.6) is 11.5 Å². The van der Waals surface area contributed by atoms with Crippen LogP contribution in [0.1, 0.15) is 5.56 Å². The Kier molecular flexibility index (Phi) is 5.38. The van der Waals surface area contributed by atoms with Crippen molar-refractivity contribution in [1.29, 1.82) is 0 Å². The fourth-order valence-electron chi connectivity index (χ4n) is 2.17. The second-order valence-electron chi connectivity index (χ2n) is 4.78. The summed E-state index contributed by atoms with van der Waals surface area (Å²) in [5, 5.41) is 11.9. The third kappa shape index (κ3) is 3.99. The van der Waals surface area contributed by atoms with Crippen molar-refractivity contribution < 1.29 is 19.4 Å². The maximum atomic E-state index is 10.7. The van der Waals surface area contributed by atoms with Gasteiger partial charge >= 0.3 is 5.97 Å². The second-order valence-corrected chi connectivity index (χ2v) is 4.78. The molecule has 0 aliphatic rings. The monoisotopic (exact) mass is 301 g/mol. The molecule has 0 amide bonds. The quantitative estimate of drug-likeness (QED) is 0.822. The topological polar surface area (TPSA) is 67.8 Å². The van der Waals surface area contributed by atoms with E-state index in [1.165, 1.54) is 0 Å². The minimum Gasteiger partial charge on any atom is -0.497 e. The Balaban J connectivity index is 2.43. The Hall–Kier alpha value is -2.53. The number of methoxy groups -OCH3 is 1. The third-order valence-corrected chi connectivity index (χ3v) is 3.16. The Morgan fingerprint density at radius 2 is 2.05 bits per heavy atom. The fourth-order valence-corrected chi connectivity index (χ4v) is 2.17. The van der Waals surface area contributed by atoms with Crippen LogP contribution >= 0.6 is 0 Å². The highest BCUT2D eigenvalue weighted by Crippen LogP contribution is 2.33. The van der Waals surface area contributed by atoms with Crippen LogP contribution in [0.15, 0.2) is 42.5 Å². The van der Waals surface area contributed by atoms with E-state index >= 15 is 0 Å². The van der Waals surface area contributed by atoms with Crippen LogP contribution < -0.4 is 14.8 Å². The summed E-state index contributed by atoms with van der Waals surface area (Å²) < 4.78 is 10.6. The third-order valence-electron chi connectivity index (χ3n) is 3.16. The average Bonchev–Trinajstić information content (AvgIpc) is 2.53. The van der Waals surface area contributed by atoms with Gasteiger partial charge in [0.1, 0.15) is 11.5 Å². The van der Waals surface area contributed by atoms with Crippen LogP contribution in [0.4, 0.5) is 0 Å². The van der Waals surface area contributed by atoms with Gasteiger partial charge in [0.2, 0.25) is 0 Å². The van der Waals surface area contributed by atoms with Crippen LogP contribution in [-0.2, 0) is 11.3 Å². The van der Waals surface area contributed by atoms with Crippen LogP contribution in [0.2, 0.25) is 0 Å². The molecule has 5 heteroatoms. The molecular formula is C17H19NO4. The molecule has 0 atom stereocenters. The van der Waals surface area contributed by atoms with Gasteiger partial charge in [0, 0.05) is 12.1 Å². The van der Waals surface area contributed by atoms with E-state index < -0.39 is 5.97 Å². The number of carboxylic acids is 1. The highest BCUT2D eigenvalue weighted by molar-refractivity contribution is 5.74. The average molecular weight is 301 g/mol. The minimum absolute atomic E-state index is 0.373. The molecule has 22 heavy (non-hydrogen) atoms. The molecule has 0 radical (unpaired) electrons. The van der Waals surface area contributed by atoms with Gasteiger partial charge in [0.25, 0.3) is 0 Å². The highest BCUT2D eigenvalue weighted by Gasteiger charge is 2.10. The summed E-state index contributed by atoms with van der Waals surface area (Å²) in [7, 11) is 3.48. The molecule has 116 valence electrons. The number of carbonyl (C=O) groups is 1. The van der Waals surface area contributed by atoms with E-state index in [0.717, 1.165) is 29.0 Å². The Morgan fingerprint density at radius 1 is 1.23 bits per heavy atom. The summed E-state index contributed by atoms with van der Waals surface area (Å²) in [5.41, 5.74) is 2.84. The molecular weight excluding hydrogens is 282 g/mol. The van der Waals surface area contributed by atoms with Crippen LogP contribution in [0.3, 0.4) is 0 Å². The molecule has 2 aromatic carbocycles. The Morgan fingerprint density at radius 3 is 2.73 bits per heavy atom. The molecule has 0 saturated heterocycles. The van der Waals surface area contributed by atoms with Crippen molar-refractivity contribution in [2.45, 2.75) is 6.54 Å². The van der Waals surface area contributed by atoms with E-state index in [4.69, 9.17) is 14.6 Å². The molecule has 2 aromatic rings. The molecule has 0 fully saturated rings. The highest BCUT2D eigenvalue weighted by atomic mass is 16.5. The van der Waals surface area contributed by atoms with Gasteiger partial charge in [-0.15, -0.1) is 0 Å². The Labute approximate surface area is 129 Å². The van der Waals surface area contributed by atoms with Gasteiger partial charge in [-0.3, -0.25) is 0 Å². The molecule has 0 unspecified atom stereocenters. The number of aliphatic carboxylic acids is 1. The molecule has 2 rings (SSSR count). The van der Waals surface area contributed by atoms with E-state index in [1.54, 1.807) is 13.2 Å². The first-order chi connectivity index (χ1) is 10.6. The Bertz CT molecular complexity index is 655. The molecule has 0 aliphatic heterocycles. The van der Waals surface area contributed by atoms with E-state index in [2.05, 4.69) is 5.32 Å². The number of hydrogen-bond acceptors (Lipinski definition) is 4. The zero-order chi connectivity index (χ0) is 15.9. The SMILES string of the molecule is CNCc1ccc(OCC(=O)O)c(-c2cccc(OC)c2)c1. The number of nitrogens with one attached hydrogen (secondary N) is 1. The summed E-state index contributed by atoms with van der Waals surface area (Å²) in [6, 6.07) is 13.3. The van der Waals surface area contributed by atoms with Crippen LogP contribution in [-0.4, -0.2) is 31.8 Å². The van der Waals surface area contributed by atoms with Crippen molar-refractivity contribution in [2.75, 3.05) is 20.8 Å². The predicted molar refractivity (Wildman–Crippen MR) is 84.3 cm³/mol. The maximum absolute atomic E-state index is 10.7. The lowest BCUT2D eigenvalue weighted by Crippen LogP contribution is -2.10. The minimum atomic E-state index is -1.00. The summed E-state index contributed by atoms with van der Waals surface area (Å²) in [6.45, 7) is 0.346. The van der Waals surface area contributed by atoms with Gasteiger partial charge in [-0.1, -0.05) is 18.2 Å². The first-order valence-electron chi connectivity index (χ1n) is 6.90. The lowest BCUT2D eigenvalue weighted by molar-refractivity contribution is -0.139. The van der Waals surface area contributed by atoms with Gasteiger partial charge in [-0.25, -0.2) is 4.79 Å². The predicted octanol–water partition coefficient (Wildman–Crippen LogP) is 2.55. The van der Waals surface area contributed by atoms with Crippen LogP contribution in [0, 0.1) is 0 Å². The lowest BCUT2D eigenvalue weighted by atomic mass is 10.0. The molecule has 0 aliphatic carbocycles. The van der Waals surface area contributed by atoms with Crippen molar-refractivity contribution in [3.05, 3.63) is 48.0 Å². The number of benzene rings is 2. The molecule has 5 nitrogen and oxygen atoms in total. The normalized spacial score (nSPS) is 10.3. The second kappa shape index (κ2) is 7.47. The van der Waals surface area contributed by atoms with E-state index in [9.17, 15) is 4.79 Å². The molecule has 0 saturated carbocycles. The van der Waals surface area contributed by atoms with Crippen LogP contribution in [0.25, 0.3) is 11.1 Å². The van der Waals surface area contributed by atoms with Gasteiger partial charge in [-0.05, 0) is 42.4 Å². The first kappa shape index (κ1) is 15.9. The summed E-state index contributed by atoms with van der Waals surface area (Å²) in [5.74, 6) is 0.270. The van der Waals surface area contributed by atoms with Crippen molar-refractivity contribution in [3.8, 4) is 22.6 Å². The molecule has 0 heterocycles. The summed E-state index contributed by atoms with van der Waals surface area (Å²) in [6.07, 6.45) is 0. The number of rotatable bonds is 7. The summed E-state index contributed by atoms with van der Waals surface area (Å²) in [4.78, 5) is 10.7. The van der Waals surface area contributed by atoms with Gasteiger partial charge < -0.3 is 19.9 Å². The zero-order valence-corrected chi connectivity index (χ0v) is 12.6. The smallest absolute Gasteiger partial charge is 0.341 e. The van der Waals surface area contributed by atoms with E-state index in [1.807, 2.05) is 43.4 Å². The number of hydrogen-bond donors (Lipinski definition) is 2. The molecule has 0 spiro atoms. The van der Waals surface area contributed by atoms with Gasteiger partial charge in [0.15, 0.2) is 6.61 Å². The van der Waals surface area contributed by atoms with E-state index in [-0.39, 0.29) is 6.61 Å². The van der Waals surface area contributed by atoms with Gasteiger partial charge in [-0.2, -0.15) is 0 Å². The van der Waals surface area contributed by atoms with Crippen molar-refractivity contribution in [1.82, 2.24) is 5.32 Å². The molecule has 0 bridgehead atoms. The van der Waals surface area contributed by atoms with E-state index in [0.29, 0.717) is 5.75 Å². The fraction of sp³-hybridized carbons (Fsp3) is 0.235. The number of ether oxygens (including phenoxy) is 2. The molecule has 2 N–H and O–H groups in total. The largest absolute Gasteiger partial charge is 0.497 e. The first-order valence-corrected chi connectivity index (χ1v) is 6.90. The standard InChI is InChI=1S/C17H19NO4/c1-18-10-12-6-7-16(22-11-17(19)20)15(8-12)13-4-3-5-14(9-13)21-2/h3-9,18H,10-11H2,1-2H3,(H,19,20). The van der Waals surface area contributed by atoms with Gasteiger partial charge in [0.05, 0.1) is 7.11 Å². The lowest BCUT2D eigenvalue weighted by Gasteiger charge is -2.13. The van der Waals surface area contributed by atoms with Crippen molar-refractivity contribution >= 4 is 5.97 Å².